The van der Waals surface area contributed by atoms with Gasteiger partial charge in [0.05, 0.1) is 0 Å². The Kier molecular flexibility index (Phi) is 3.72. The Morgan fingerprint density at radius 2 is 2.13 bits per heavy atom. The van der Waals surface area contributed by atoms with Gasteiger partial charge in [0.15, 0.2) is 0 Å². The van der Waals surface area contributed by atoms with Gasteiger partial charge in [-0.05, 0) is 24.9 Å². The van der Waals surface area contributed by atoms with Gasteiger partial charge in [-0.1, -0.05) is 30.3 Å². The number of piperidine rings is 1. The van der Waals surface area contributed by atoms with Gasteiger partial charge in [0.1, 0.15) is 0 Å². The molecule has 1 aliphatic heterocycles. The molecule has 0 unspecified atom stereocenters. The Labute approximate surface area is 91.2 Å². The number of nitrogens with two attached hydrogens (primary N) is 1. The summed E-state index contributed by atoms with van der Waals surface area (Å²) in [5, 5.41) is 0. The zero-order chi connectivity index (χ0) is 10.5. The second-order valence-electron chi connectivity index (χ2n) is 4.23. The predicted octanol–water partition coefficient (Wildman–Crippen LogP) is 1.11. The molecule has 15 heavy (non-hydrogen) atoms. The molecule has 0 radical (unpaired) electrons. The van der Waals surface area contributed by atoms with E-state index < -0.39 is 0 Å². The summed E-state index contributed by atoms with van der Waals surface area (Å²) in [7, 11) is 0. The van der Waals surface area contributed by atoms with Crippen LogP contribution in [0.5, 0.6) is 0 Å². The van der Waals surface area contributed by atoms with Crippen LogP contribution in [-0.2, 0) is 6.54 Å². The molecule has 1 aliphatic rings. The highest BCUT2D eigenvalue weighted by Crippen LogP contribution is 2.12. The number of benzene rings is 1. The summed E-state index contributed by atoms with van der Waals surface area (Å²) in [6.45, 7) is 3.29. The monoisotopic (exact) mass is 205 g/mol. The van der Waals surface area contributed by atoms with E-state index in [1.54, 1.807) is 0 Å². The first kappa shape index (κ1) is 10.6. The van der Waals surface area contributed by atoms with Crippen LogP contribution in [0.4, 0.5) is 0 Å². The molecule has 0 bridgehead atoms. The number of nitrogens with zero attached hydrogens (tertiary/aromatic N) is 1. The van der Waals surface area contributed by atoms with Crippen LogP contribution < -0.4 is 11.3 Å². The lowest BCUT2D eigenvalue weighted by Crippen LogP contribution is -2.47. The Balaban J connectivity index is 1.89. The van der Waals surface area contributed by atoms with Crippen molar-refractivity contribution in [2.45, 2.75) is 25.4 Å². The van der Waals surface area contributed by atoms with Crippen LogP contribution in [0.15, 0.2) is 30.3 Å². The van der Waals surface area contributed by atoms with Gasteiger partial charge in [0, 0.05) is 19.1 Å². The number of nitrogens with one attached hydrogen (secondary N) is 1. The molecule has 3 N–H and O–H groups in total. The average Bonchev–Trinajstić information content (AvgIpc) is 2.31. The zero-order valence-corrected chi connectivity index (χ0v) is 9.02. The van der Waals surface area contributed by atoms with E-state index in [1.165, 1.54) is 24.9 Å². The molecule has 1 atom stereocenters. The lowest BCUT2D eigenvalue weighted by atomic mass is 10.1. The van der Waals surface area contributed by atoms with E-state index in [-0.39, 0.29) is 0 Å². The second kappa shape index (κ2) is 5.26. The summed E-state index contributed by atoms with van der Waals surface area (Å²) in [6.07, 6.45) is 2.43. The van der Waals surface area contributed by atoms with Gasteiger partial charge in [-0.15, -0.1) is 0 Å². The number of hydrogen-bond acceptors (Lipinski definition) is 3. The topological polar surface area (TPSA) is 41.3 Å². The van der Waals surface area contributed by atoms with Crippen molar-refractivity contribution in [1.29, 1.82) is 0 Å². The predicted molar refractivity (Wildman–Crippen MR) is 62.1 cm³/mol. The number of likely N-dealkylation sites (tertiary alicyclic amines) is 1. The van der Waals surface area contributed by atoms with E-state index in [9.17, 15) is 0 Å². The summed E-state index contributed by atoms with van der Waals surface area (Å²) < 4.78 is 0. The Morgan fingerprint density at radius 1 is 1.33 bits per heavy atom. The fourth-order valence-corrected chi connectivity index (χ4v) is 2.18. The first-order chi connectivity index (χ1) is 7.38. The summed E-state index contributed by atoms with van der Waals surface area (Å²) in [5.74, 6) is 5.48. The highest BCUT2D eigenvalue weighted by molar-refractivity contribution is 5.14. The molecular weight excluding hydrogens is 186 g/mol. The summed E-state index contributed by atoms with van der Waals surface area (Å²) >= 11 is 0. The van der Waals surface area contributed by atoms with E-state index in [4.69, 9.17) is 5.84 Å². The fraction of sp³-hybridized carbons (Fsp3) is 0.500. The van der Waals surface area contributed by atoms with Gasteiger partial charge in [0.25, 0.3) is 0 Å². The normalized spacial score (nSPS) is 22.9. The molecule has 2 rings (SSSR count). The Hall–Kier alpha value is -0.900. The molecule has 3 nitrogen and oxygen atoms in total. The first-order valence-corrected chi connectivity index (χ1v) is 5.61. The Bertz CT molecular complexity index is 286. The summed E-state index contributed by atoms with van der Waals surface area (Å²) in [4.78, 5) is 2.46. The van der Waals surface area contributed by atoms with Crippen LogP contribution in [-0.4, -0.2) is 24.0 Å². The maximum Gasteiger partial charge on any atom is 0.0338 e. The maximum absolute atomic E-state index is 5.48. The van der Waals surface area contributed by atoms with E-state index in [2.05, 4.69) is 40.7 Å². The van der Waals surface area contributed by atoms with Crippen molar-refractivity contribution in [3.63, 3.8) is 0 Å². The number of rotatable bonds is 3. The molecule has 3 heteroatoms. The lowest BCUT2D eigenvalue weighted by molar-refractivity contribution is 0.184. The van der Waals surface area contributed by atoms with E-state index in [0.29, 0.717) is 6.04 Å². The minimum atomic E-state index is 0.461. The highest BCUT2D eigenvalue weighted by atomic mass is 15.3. The third-order valence-corrected chi connectivity index (χ3v) is 2.99. The van der Waals surface area contributed by atoms with Crippen LogP contribution in [0.3, 0.4) is 0 Å². The molecule has 82 valence electrons. The van der Waals surface area contributed by atoms with Crippen molar-refractivity contribution < 1.29 is 0 Å². The average molecular weight is 205 g/mol. The van der Waals surface area contributed by atoms with Crippen molar-refractivity contribution >= 4 is 0 Å². The van der Waals surface area contributed by atoms with Crippen LogP contribution in [0.1, 0.15) is 18.4 Å². The molecule has 1 fully saturated rings. The molecule has 0 aliphatic carbocycles. The smallest absolute Gasteiger partial charge is 0.0338 e. The van der Waals surface area contributed by atoms with Gasteiger partial charge in [-0.3, -0.25) is 16.2 Å². The van der Waals surface area contributed by atoms with E-state index in [1.807, 2.05) is 0 Å². The third-order valence-electron chi connectivity index (χ3n) is 2.99. The van der Waals surface area contributed by atoms with E-state index >= 15 is 0 Å². The Morgan fingerprint density at radius 3 is 2.87 bits per heavy atom. The minimum Gasteiger partial charge on any atom is -0.297 e. The van der Waals surface area contributed by atoms with Crippen molar-refractivity contribution in [2.24, 2.45) is 5.84 Å². The molecule has 1 aromatic rings. The highest BCUT2D eigenvalue weighted by Gasteiger charge is 2.18. The summed E-state index contributed by atoms with van der Waals surface area (Å²) in [5.41, 5.74) is 4.26. The van der Waals surface area contributed by atoms with Gasteiger partial charge >= 0.3 is 0 Å². The largest absolute Gasteiger partial charge is 0.297 e. The minimum absolute atomic E-state index is 0.461. The zero-order valence-electron chi connectivity index (χ0n) is 9.02. The van der Waals surface area contributed by atoms with Crippen LogP contribution in [0, 0.1) is 0 Å². The molecular formula is C12H19N3. The number of hydrogen-bond donors (Lipinski definition) is 2. The van der Waals surface area contributed by atoms with Crippen molar-refractivity contribution in [3.8, 4) is 0 Å². The molecule has 0 amide bonds. The van der Waals surface area contributed by atoms with Gasteiger partial charge in [0.2, 0.25) is 0 Å². The SMILES string of the molecule is NN[C@H]1CCCN(Cc2ccccc2)C1. The number of hydrazine groups is 1. The molecule has 1 heterocycles. The molecule has 0 spiro atoms. The van der Waals surface area contributed by atoms with Crippen molar-refractivity contribution in [2.75, 3.05) is 13.1 Å². The van der Waals surface area contributed by atoms with E-state index in [0.717, 1.165) is 13.1 Å². The lowest BCUT2D eigenvalue weighted by Gasteiger charge is -2.32. The van der Waals surface area contributed by atoms with Crippen LogP contribution in [0.2, 0.25) is 0 Å². The molecule has 0 saturated carbocycles. The van der Waals surface area contributed by atoms with Gasteiger partial charge < -0.3 is 0 Å². The molecule has 1 saturated heterocycles. The molecule has 0 aromatic heterocycles. The van der Waals surface area contributed by atoms with Crippen LogP contribution in [0.25, 0.3) is 0 Å². The first-order valence-electron chi connectivity index (χ1n) is 5.61. The molecule has 1 aromatic carbocycles. The quantitative estimate of drug-likeness (QED) is 0.574. The van der Waals surface area contributed by atoms with Crippen molar-refractivity contribution in [1.82, 2.24) is 10.3 Å². The fourth-order valence-electron chi connectivity index (χ4n) is 2.18. The second-order valence-corrected chi connectivity index (χ2v) is 4.23. The van der Waals surface area contributed by atoms with Crippen molar-refractivity contribution in [3.05, 3.63) is 35.9 Å². The third kappa shape index (κ3) is 3.02. The maximum atomic E-state index is 5.48. The van der Waals surface area contributed by atoms with Gasteiger partial charge in [-0.2, -0.15) is 0 Å². The summed E-state index contributed by atoms with van der Waals surface area (Å²) in [6, 6.07) is 11.1. The van der Waals surface area contributed by atoms with Crippen LogP contribution >= 0.6 is 0 Å². The standard InChI is InChI=1S/C12H19N3/c13-14-12-7-4-8-15(10-12)9-11-5-2-1-3-6-11/h1-3,5-6,12,14H,4,7-10,13H2/t12-/m0/s1. The van der Waals surface area contributed by atoms with Gasteiger partial charge in [-0.25, -0.2) is 0 Å².